The Morgan fingerprint density at radius 1 is 1.07 bits per heavy atom. The molecule has 0 aliphatic rings. The number of aromatic nitrogens is 1. The number of aryl methyl sites for hydroxylation is 1. The summed E-state index contributed by atoms with van der Waals surface area (Å²) >= 11 is 4.61. The lowest BCUT2D eigenvalue weighted by Crippen LogP contribution is -2.41. The van der Waals surface area contributed by atoms with E-state index in [1.807, 2.05) is 31.2 Å². The van der Waals surface area contributed by atoms with Gasteiger partial charge in [0.05, 0.1) is 5.56 Å². The Balaban J connectivity index is 1.53. The van der Waals surface area contributed by atoms with Gasteiger partial charge >= 0.3 is 0 Å². The van der Waals surface area contributed by atoms with E-state index in [0.29, 0.717) is 15.0 Å². The van der Waals surface area contributed by atoms with Gasteiger partial charge in [-0.05, 0) is 47.1 Å². The summed E-state index contributed by atoms with van der Waals surface area (Å²) in [7, 11) is 0. The highest BCUT2D eigenvalue weighted by atomic mass is 79.9. The number of nitrogens with one attached hydrogen (secondary N) is 2. The fourth-order valence-electron chi connectivity index (χ4n) is 2.15. The molecule has 1 aromatic heterocycles. The molecule has 1 heterocycles. The highest BCUT2D eigenvalue weighted by molar-refractivity contribution is 9.10. The van der Waals surface area contributed by atoms with E-state index in [-0.39, 0.29) is 12.3 Å². The molecule has 8 heteroatoms. The van der Waals surface area contributed by atoms with Crippen molar-refractivity contribution in [1.82, 2.24) is 15.8 Å². The fourth-order valence-corrected chi connectivity index (χ4v) is 3.30. The number of hydrogen-bond donors (Lipinski definition) is 2. The third-order valence-electron chi connectivity index (χ3n) is 3.58. The van der Waals surface area contributed by atoms with Gasteiger partial charge in [-0.1, -0.05) is 29.8 Å². The molecule has 3 aromatic rings. The average Bonchev–Trinajstić information content (AvgIpc) is 3.15. The molecule has 0 aliphatic carbocycles. The minimum Gasteiger partial charge on any atom is -0.486 e. The van der Waals surface area contributed by atoms with E-state index in [0.717, 1.165) is 11.3 Å². The van der Waals surface area contributed by atoms with Crippen molar-refractivity contribution in [2.24, 2.45) is 0 Å². The molecule has 0 saturated carbocycles. The maximum Gasteiger partial charge on any atom is 0.289 e. The SMILES string of the molecule is Cc1ccc(OCc2nc(C(=O)NNC(=O)c3ccccc3Br)cs2)cc1. The Morgan fingerprint density at radius 2 is 1.78 bits per heavy atom. The van der Waals surface area contributed by atoms with E-state index in [1.54, 1.807) is 29.6 Å². The van der Waals surface area contributed by atoms with Crippen molar-refractivity contribution < 1.29 is 14.3 Å². The number of rotatable bonds is 5. The summed E-state index contributed by atoms with van der Waals surface area (Å²) in [6.07, 6.45) is 0. The molecule has 2 aromatic carbocycles. The first-order valence-electron chi connectivity index (χ1n) is 8.02. The van der Waals surface area contributed by atoms with Crippen molar-refractivity contribution in [3.05, 3.63) is 80.2 Å². The van der Waals surface area contributed by atoms with E-state index in [9.17, 15) is 9.59 Å². The van der Waals surface area contributed by atoms with Crippen LogP contribution in [-0.2, 0) is 6.61 Å². The van der Waals surface area contributed by atoms with Crippen LogP contribution in [0, 0.1) is 6.92 Å². The van der Waals surface area contributed by atoms with E-state index in [1.165, 1.54) is 11.3 Å². The van der Waals surface area contributed by atoms with Gasteiger partial charge in [0.25, 0.3) is 11.8 Å². The fraction of sp³-hybridized carbons (Fsp3) is 0.105. The standard InChI is InChI=1S/C19H16BrN3O3S/c1-12-6-8-13(9-7-12)26-10-17-21-16(11-27-17)19(25)23-22-18(24)14-4-2-3-5-15(14)20/h2-9,11H,10H2,1H3,(H,22,24)(H,23,25). The molecular formula is C19H16BrN3O3S. The predicted octanol–water partition coefficient (Wildman–Crippen LogP) is 3.87. The lowest BCUT2D eigenvalue weighted by molar-refractivity contribution is 0.0843. The Morgan fingerprint density at radius 3 is 2.52 bits per heavy atom. The predicted molar refractivity (Wildman–Crippen MR) is 107 cm³/mol. The normalized spacial score (nSPS) is 10.3. The van der Waals surface area contributed by atoms with Gasteiger partial charge in [-0.2, -0.15) is 0 Å². The Bertz CT molecular complexity index is 957. The Kier molecular flexibility index (Phi) is 6.20. The van der Waals surface area contributed by atoms with Gasteiger partial charge in [0.15, 0.2) is 0 Å². The molecule has 0 aliphatic heterocycles. The number of halogens is 1. The number of benzene rings is 2. The van der Waals surface area contributed by atoms with E-state index in [4.69, 9.17) is 4.74 Å². The Labute approximate surface area is 168 Å². The second kappa shape index (κ2) is 8.79. The van der Waals surface area contributed by atoms with E-state index < -0.39 is 11.8 Å². The number of thiazole rings is 1. The van der Waals surface area contributed by atoms with E-state index >= 15 is 0 Å². The van der Waals surface area contributed by atoms with Gasteiger partial charge in [-0.25, -0.2) is 4.98 Å². The van der Waals surface area contributed by atoms with Gasteiger partial charge in [0.1, 0.15) is 23.1 Å². The molecule has 138 valence electrons. The first-order valence-corrected chi connectivity index (χ1v) is 9.69. The van der Waals surface area contributed by atoms with Crippen LogP contribution in [0.2, 0.25) is 0 Å². The van der Waals surface area contributed by atoms with Crippen LogP contribution in [0.1, 0.15) is 31.4 Å². The number of hydrogen-bond acceptors (Lipinski definition) is 5. The van der Waals surface area contributed by atoms with Crippen LogP contribution >= 0.6 is 27.3 Å². The molecule has 27 heavy (non-hydrogen) atoms. The molecule has 0 bridgehead atoms. The van der Waals surface area contributed by atoms with Crippen LogP contribution in [0.4, 0.5) is 0 Å². The van der Waals surface area contributed by atoms with Crippen LogP contribution < -0.4 is 15.6 Å². The highest BCUT2D eigenvalue weighted by Crippen LogP contribution is 2.17. The maximum absolute atomic E-state index is 12.2. The third-order valence-corrected chi connectivity index (χ3v) is 5.09. The van der Waals surface area contributed by atoms with Gasteiger partial charge in [-0.15, -0.1) is 11.3 Å². The zero-order chi connectivity index (χ0) is 19.2. The van der Waals surface area contributed by atoms with Gasteiger partial charge in [-0.3, -0.25) is 20.4 Å². The van der Waals surface area contributed by atoms with Crippen molar-refractivity contribution in [1.29, 1.82) is 0 Å². The van der Waals surface area contributed by atoms with Crippen molar-refractivity contribution in [2.75, 3.05) is 0 Å². The molecule has 0 saturated heterocycles. The van der Waals surface area contributed by atoms with Crippen LogP contribution in [0.25, 0.3) is 0 Å². The highest BCUT2D eigenvalue weighted by Gasteiger charge is 2.14. The van der Waals surface area contributed by atoms with Crippen molar-refractivity contribution in [3.8, 4) is 5.75 Å². The van der Waals surface area contributed by atoms with E-state index in [2.05, 4.69) is 31.8 Å². The molecule has 3 rings (SSSR count). The van der Waals surface area contributed by atoms with Crippen molar-refractivity contribution in [3.63, 3.8) is 0 Å². The number of carbonyl (C=O) groups excluding carboxylic acids is 2. The number of amides is 2. The average molecular weight is 446 g/mol. The minimum atomic E-state index is -0.492. The summed E-state index contributed by atoms with van der Waals surface area (Å²) in [6, 6.07) is 14.6. The number of carbonyl (C=O) groups is 2. The summed E-state index contributed by atoms with van der Waals surface area (Å²) in [5.41, 5.74) is 6.53. The van der Waals surface area contributed by atoms with Crippen molar-refractivity contribution in [2.45, 2.75) is 13.5 Å². The summed E-state index contributed by atoms with van der Waals surface area (Å²) in [5.74, 6) is -0.176. The molecule has 0 spiro atoms. The lowest BCUT2D eigenvalue weighted by Gasteiger charge is -2.07. The van der Waals surface area contributed by atoms with Crippen LogP contribution in [0.5, 0.6) is 5.75 Å². The van der Waals surface area contributed by atoms with Crippen LogP contribution in [0.3, 0.4) is 0 Å². The molecule has 0 atom stereocenters. The number of nitrogens with zero attached hydrogens (tertiary/aromatic N) is 1. The van der Waals surface area contributed by atoms with Gasteiger partial charge in [0, 0.05) is 9.85 Å². The molecule has 2 N–H and O–H groups in total. The first-order chi connectivity index (χ1) is 13.0. The second-order valence-electron chi connectivity index (χ2n) is 5.62. The molecule has 6 nitrogen and oxygen atoms in total. The summed E-state index contributed by atoms with van der Waals surface area (Å²) in [5, 5.41) is 2.28. The zero-order valence-corrected chi connectivity index (χ0v) is 16.8. The molecule has 0 fully saturated rings. The van der Waals surface area contributed by atoms with Crippen LogP contribution in [0.15, 0.2) is 58.4 Å². The largest absolute Gasteiger partial charge is 0.486 e. The first kappa shape index (κ1) is 19.1. The second-order valence-corrected chi connectivity index (χ2v) is 7.41. The monoisotopic (exact) mass is 445 g/mol. The van der Waals surface area contributed by atoms with Crippen molar-refractivity contribution >= 4 is 39.1 Å². The third kappa shape index (κ3) is 5.15. The van der Waals surface area contributed by atoms with Crippen LogP contribution in [-0.4, -0.2) is 16.8 Å². The zero-order valence-electron chi connectivity index (χ0n) is 14.4. The smallest absolute Gasteiger partial charge is 0.289 e. The quantitative estimate of drug-likeness (QED) is 0.584. The topological polar surface area (TPSA) is 80.3 Å². The summed E-state index contributed by atoms with van der Waals surface area (Å²) in [4.78, 5) is 28.5. The Hall–Kier alpha value is -2.71. The molecule has 0 radical (unpaired) electrons. The van der Waals surface area contributed by atoms with Gasteiger partial charge < -0.3 is 4.74 Å². The number of hydrazine groups is 1. The van der Waals surface area contributed by atoms with Gasteiger partial charge in [0.2, 0.25) is 0 Å². The lowest BCUT2D eigenvalue weighted by atomic mass is 10.2. The molecular weight excluding hydrogens is 430 g/mol. The summed E-state index contributed by atoms with van der Waals surface area (Å²) < 4.78 is 6.29. The minimum absolute atomic E-state index is 0.218. The maximum atomic E-state index is 12.2. The molecule has 2 amide bonds. The number of ether oxygens (including phenoxy) is 1. The molecule has 0 unspecified atom stereocenters. The summed E-state index contributed by atoms with van der Waals surface area (Å²) in [6.45, 7) is 2.27.